The normalized spacial score (nSPS) is 13.0. The topological polar surface area (TPSA) is 26.3 Å². The lowest BCUT2D eigenvalue weighted by molar-refractivity contribution is -0.112. The minimum absolute atomic E-state index is 0.103. The van der Waals surface area contributed by atoms with E-state index in [2.05, 4.69) is 6.92 Å². The maximum atomic E-state index is 10.3. The van der Waals surface area contributed by atoms with Crippen LogP contribution in [-0.2, 0) is 9.53 Å². The fraction of sp³-hybridized carbons (Fsp3) is 0.875. The standard InChI is InChI=1S/C8H16O2/c1-3-5-10-7-8(4-2)6-9/h6,8H,3-5,7H2,1-2H3. The minimum Gasteiger partial charge on any atom is -0.381 e. The van der Waals surface area contributed by atoms with Gasteiger partial charge in [0.15, 0.2) is 0 Å². The van der Waals surface area contributed by atoms with Crippen LogP contribution in [0.3, 0.4) is 0 Å². The minimum atomic E-state index is 0.103. The largest absolute Gasteiger partial charge is 0.381 e. The maximum Gasteiger partial charge on any atom is 0.125 e. The summed E-state index contributed by atoms with van der Waals surface area (Å²) < 4.78 is 5.20. The quantitative estimate of drug-likeness (QED) is 0.418. The van der Waals surface area contributed by atoms with Gasteiger partial charge in [0.2, 0.25) is 0 Å². The predicted octanol–water partition coefficient (Wildman–Crippen LogP) is 1.64. The van der Waals surface area contributed by atoms with E-state index < -0.39 is 0 Å². The molecule has 2 nitrogen and oxygen atoms in total. The SMILES string of the molecule is CCCOCC(C=O)CC. The highest BCUT2D eigenvalue weighted by Crippen LogP contribution is 1.98. The van der Waals surface area contributed by atoms with E-state index >= 15 is 0 Å². The van der Waals surface area contributed by atoms with Crippen molar-refractivity contribution in [3.8, 4) is 0 Å². The Hall–Kier alpha value is -0.370. The first-order valence-electron chi connectivity index (χ1n) is 3.88. The third-order valence-corrected chi connectivity index (χ3v) is 1.40. The van der Waals surface area contributed by atoms with Crippen LogP contribution in [-0.4, -0.2) is 19.5 Å². The van der Waals surface area contributed by atoms with Crippen LogP contribution in [0.5, 0.6) is 0 Å². The van der Waals surface area contributed by atoms with Gasteiger partial charge in [-0.3, -0.25) is 0 Å². The Morgan fingerprint density at radius 3 is 2.60 bits per heavy atom. The van der Waals surface area contributed by atoms with Gasteiger partial charge in [-0.15, -0.1) is 0 Å². The molecule has 0 aliphatic heterocycles. The van der Waals surface area contributed by atoms with Crippen molar-refractivity contribution in [3.05, 3.63) is 0 Å². The number of rotatable bonds is 6. The fourth-order valence-electron chi connectivity index (χ4n) is 0.632. The van der Waals surface area contributed by atoms with Crippen LogP contribution in [0.25, 0.3) is 0 Å². The molecule has 0 aromatic rings. The highest BCUT2D eigenvalue weighted by Gasteiger charge is 2.02. The molecule has 0 aromatic carbocycles. The number of hydrogen-bond acceptors (Lipinski definition) is 2. The zero-order valence-corrected chi connectivity index (χ0v) is 6.80. The third-order valence-electron chi connectivity index (χ3n) is 1.40. The summed E-state index contributed by atoms with van der Waals surface area (Å²) in [6.45, 7) is 5.41. The van der Waals surface area contributed by atoms with Gasteiger partial charge in [-0.1, -0.05) is 13.8 Å². The summed E-state index contributed by atoms with van der Waals surface area (Å²) in [5.41, 5.74) is 0. The molecule has 0 heterocycles. The first kappa shape index (κ1) is 9.63. The molecule has 0 spiro atoms. The van der Waals surface area contributed by atoms with Crippen molar-refractivity contribution in [2.75, 3.05) is 13.2 Å². The second-order valence-electron chi connectivity index (χ2n) is 2.38. The fourth-order valence-corrected chi connectivity index (χ4v) is 0.632. The number of carbonyl (C=O) groups is 1. The van der Waals surface area contributed by atoms with Crippen molar-refractivity contribution in [1.29, 1.82) is 0 Å². The number of carbonyl (C=O) groups excluding carboxylic acids is 1. The molecule has 2 heteroatoms. The Balaban J connectivity index is 3.17. The highest BCUT2D eigenvalue weighted by atomic mass is 16.5. The smallest absolute Gasteiger partial charge is 0.125 e. The molecule has 0 N–H and O–H groups in total. The number of ether oxygens (including phenoxy) is 1. The van der Waals surface area contributed by atoms with Crippen molar-refractivity contribution >= 4 is 6.29 Å². The molecule has 0 aliphatic carbocycles. The summed E-state index contributed by atoms with van der Waals surface area (Å²) >= 11 is 0. The van der Waals surface area contributed by atoms with Gasteiger partial charge >= 0.3 is 0 Å². The molecule has 0 aliphatic rings. The zero-order valence-electron chi connectivity index (χ0n) is 6.80. The van der Waals surface area contributed by atoms with Crippen molar-refractivity contribution in [2.45, 2.75) is 26.7 Å². The summed E-state index contributed by atoms with van der Waals surface area (Å²) in [5, 5.41) is 0. The Morgan fingerprint density at radius 1 is 1.50 bits per heavy atom. The summed E-state index contributed by atoms with van der Waals surface area (Å²) in [6.07, 6.45) is 2.87. The monoisotopic (exact) mass is 144 g/mol. The van der Waals surface area contributed by atoms with E-state index in [0.29, 0.717) is 6.61 Å². The Morgan fingerprint density at radius 2 is 2.20 bits per heavy atom. The predicted molar refractivity (Wildman–Crippen MR) is 41.0 cm³/mol. The van der Waals surface area contributed by atoms with E-state index in [1.165, 1.54) is 0 Å². The molecule has 0 bridgehead atoms. The van der Waals surface area contributed by atoms with Crippen molar-refractivity contribution < 1.29 is 9.53 Å². The summed E-state index contributed by atoms with van der Waals surface area (Å²) in [5.74, 6) is 0.103. The van der Waals surface area contributed by atoms with E-state index in [9.17, 15) is 4.79 Å². The van der Waals surface area contributed by atoms with E-state index in [0.717, 1.165) is 25.7 Å². The van der Waals surface area contributed by atoms with Crippen molar-refractivity contribution in [3.63, 3.8) is 0 Å². The van der Waals surface area contributed by atoms with E-state index in [1.807, 2.05) is 6.92 Å². The van der Waals surface area contributed by atoms with E-state index in [-0.39, 0.29) is 5.92 Å². The summed E-state index contributed by atoms with van der Waals surface area (Å²) in [7, 11) is 0. The van der Waals surface area contributed by atoms with Crippen LogP contribution < -0.4 is 0 Å². The Bertz CT molecular complexity index is 81.3. The lowest BCUT2D eigenvalue weighted by Gasteiger charge is -2.06. The van der Waals surface area contributed by atoms with Crippen LogP contribution in [0.15, 0.2) is 0 Å². The molecule has 10 heavy (non-hydrogen) atoms. The van der Waals surface area contributed by atoms with Gasteiger partial charge in [-0.2, -0.15) is 0 Å². The first-order chi connectivity index (χ1) is 4.85. The number of aldehydes is 1. The average Bonchev–Trinajstić information content (AvgIpc) is 1.99. The van der Waals surface area contributed by atoms with Gasteiger partial charge in [0.25, 0.3) is 0 Å². The highest BCUT2D eigenvalue weighted by molar-refractivity contribution is 5.53. The van der Waals surface area contributed by atoms with Crippen LogP contribution in [0.1, 0.15) is 26.7 Å². The van der Waals surface area contributed by atoms with Crippen molar-refractivity contribution in [1.82, 2.24) is 0 Å². The van der Waals surface area contributed by atoms with Gasteiger partial charge in [0.05, 0.1) is 6.61 Å². The zero-order chi connectivity index (χ0) is 7.82. The van der Waals surface area contributed by atoms with Crippen LogP contribution in [0.2, 0.25) is 0 Å². The first-order valence-corrected chi connectivity index (χ1v) is 3.88. The van der Waals surface area contributed by atoms with Gasteiger partial charge in [0.1, 0.15) is 6.29 Å². The molecular formula is C8H16O2. The third kappa shape index (κ3) is 4.50. The van der Waals surface area contributed by atoms with Crippen LogP contribution in [0.4, 0.5) is 0 Å². The van der Waals surface area contributed by atoms with Gasteiger partial charge < -0.3 is 9.53 Å². The molecule has 0 saturated carbocycles. The summed E-state index contributed by atoms with van der Waals surface area (Å²) in [6, 6.07) is 0. The molecule has 0 radical (unpaired) electrons. The Labute approximate surface area is 62.6 Å². The van der Waals surface area contributed by atoms with Gasteiger partial charge in [-0.05, 0) is 12.8 Å². The second-order valence-corrected chi connectivity index (χ2v) is 2.38. The van der Waals surface area contributed by atoms with E-state index in [1.54, 1.807) is 0 Å². The molecule has 60 valence electrons. The van der Waals surface area contributed by atoms with Crippen LogP contribution in [0, 0.1) is 5.92 Å². The molecular weight excluding hydrogens is 128 g/mol. The van der Waals surface area contributed by atoms with Crippen molar-refractivity contribution in [2.24, 2.45) is 5.92 Å². The maximum absolute atomic E-state index is 10.3. The lowest BCUT2D eigenvalue weighted by Crippen LogP contribution is -2.10. The van der Waals surface area contributed by atoms with Gasteiger partial charge in [-0.25, -0.2) is 0 Å². The molecule has 0 aromatic heterocycles. The molecule has 0 saturated heterocycles. The summed E-state index contributed by atoms with van der Waals surface area (Å²) in [4.78, 5) is 10.3. The Kier molecular flexibility index (Phi) is 6.50. The number of hydrogen-bond donors (Lipinski definition) is 0. The van der Waals surface area contributed by atoms with Gasteiger partial charge in [0, 0.05) is 12.5 Å². The average molecular weight is 144 g/mol. The van der Waals surface area contributed by atoms with E-state index in [4.69, 9.17) is 4.74 Å². The molecule has 0 fully saturated rings. The molecule has 1 atom stereocenters. The molecule has 0 amide bonds. The molecule has 1 unspecified atom stereocenters. The van der Waals surface area contributed by atoms with Crippen LogP contribution >= 0.6 is 0 Å². The second kappa shape index (κ2) is 6.75. The molecule has 0 rings (SSSR count). The lowest BCUT2D eigenvalue weighted by atomic mass is 10.1.